The van der Waals surface area contributed by atoms with E-state index in [4.69, 9.17) is 4.74 Å². The number of nitrogens with one attached hydrogen (secondary N) is 1. The minimum Gasteiger partial charge on any atom is -0.469 e. The molecule has 5 rings (SSSR count). The Morgan fingerprint density at radius 1 is 1.32 bits per heavy atom. The van der Waals surface area contributed by atoms with E-state index >= 15 is 0 Å². The molecule has 0 radical (unpaired) electrons. The first-order valence-electron chi connectivity index (χ1n) is 9.84. The van der Waals surface area contributed by atoms with Crippen LogP contribution in [0, 0.1) is 11.3 Å². The SMILES string of the molecule is CC[C@]12CCCN3CC[C@@]4(c5ccccc5N[C@H]4[C@H](C(=O)OC)C1)[C@@H]32. The highest BCUT2D eigenvalue weighted by Crippen LogP contribution is 2.65. The van der Waals surface area contributed by atoms with Gasteiger partial charge in [-0.2, -0.15) is 0 Å². The van der Waals surface area contributed by atoms with E-state index in [9.17, 15) is 4.79 Å². The van der Waals surface area contributed by atoms with Gasteiger partial charge in [-0.05, 0) is 62.2 Å². The van der Waals surface area contributed by atoms with Gasteiger partial charge in [0.25, 0.3) is 0 Å². The quantitative estimate of drug-likeness (QED) is 0.840. The number of carbonyl (C=O) groups is 1. The monoisotopic (exact) mass is 340 g/mol. The molecule has 0 aromatic heterocycles. The van der Waals surface area contributed by atoms with Gasteiger partial charge < -0.3 is 10.1 Å². The summed E-state index contributed by atoms with van der Waals surface area (Å²) in [7, 11) is 1.55. The maximum Gasteiger partial charge on any atom is 0.310 e. The smallest absolute Gasteiger partial charge is 0.310 e. The highest BCUT2D eigenvalue weighted by atomic mass is 16.5. The summed E-state index contributed by atoms with van der Waals surface area (Å²) in [4.78, 5) is 15.5. The van der Waals surface area contributed by atoms with Crippen molar-refractivity contribution in [1.29, 1.82) is 0 Å². The number of para-hydroxylation sites is 1. The van der Waals surface area contributed by atoms with Gasteiger partial charge in [-0.25, -0.2) is 0 Å². The molecule has 2 saturated heterocycles. The number of hydrogen-bond acceptors (Lipinski definition) is 4. The Morgan fingerprint density at radius 2 is 2.16 bits per heavy atom. The van der Waals surface area contributed by atoms with Gasteiger partial charge in [-0.1, -0.05) is 25.1 Å². The molecule has 3 fully saturated rings. The molecule has 1 aromatic rings. The first-order valence-corrected chi connectivity index (χ1v) is 9.84. The lowest BCUT2D eigenvalue weighted by atomic mass is 9.49. The second kappa shape index (κ2) is 5.23. The molecule has 4 aliphatic rings. The molecule has 0 amide bonds. The van der Waals surface area contributed by atoms with Crippen molar-refractivity contribution in [2.45, 2.75) is 56.5 Å². The lowest BCUT2D eigenvalue weighted by Gasteiger charge is -2.59. The summed E-state index contributed by atoms with van der Waals surface area (Å²) in [5.41, 5.74) is 2.98. The van der Waals surface area contributed by atoms with Crippen LogP contribution in [0.25, 0.3) is 0 Å². The molecular formula is C21H28N2O2. The van der Waals surface area contributed by atoms with Crippen molar-refractivity contribution < 1.29 is 9.53 Å². The van der Waals surface area contributed by atoms with Crippen LogP contribution in [0.1, 0.15) is 44.6 Å². The molecule has 1 aliphatic carbocycles. The topological polar surface area (TPSA) is 41.6 Å². The third-order valence-electron chi connectivity index (χ3n) is 7.90. The Balaban J connectivity index is 1.73. The molecule has 0 bridgehead atoms. The van der Waals surface area contributed by atoms with Crippen LogP contribution >= 0.6 is 0 Å². The first kappa shape index (κ1) is 15.7. The van der Waals surface area contributed by atoms with Gasteiger partial charge in [0.2, 0.25) is 0 Å². The van der Waals surface area contributed by atoms with Crippen LogP contribution < -0.4 is 5.32 Å². The van der Waals surface area contributed by atoms with Gasteiger partial charge in [0.05, 0.1) is 19.1 Å². The molecule has 3 aliphatic heterocycles. The van der Waals surface area contributed by atoms with E-state index in [0.29, 0.717) is 6.04 Å². The minimum absolute atomic E-state index is 0.0278. The molecule has 1 N–H and O–H groups in total. The van der Waals surface area contributed by atoms with Crippen LogP contribution in [-0.2, 0) is 14.9 Å². The fourth-order valence-electron chi connectivity index (χ4n) is 7.07. The Morgan fingerprint density at radius 3 is 2.96 bits per heavy atom. The molecule has 0 unspecified atom stereocenters. The van der Waals surface area contributed by atoms with Gasteiger partial charge in [-0.3, -0.25) is 9.69 Å². The average Bonchev–Trinajstić information content (AvgIpc) is 3.21. The Kier molecular flexibility index (Phi) is 3.28. The summed E-state index contributed by atoms with van der Waals surface area (Å²) in [6.45, 7) is 4.71. The number of anilines is 1. The van der Waals surface area contributed by atoms with Gasteiger partial charge in [-0.15, -0.1) is 0 Å². The molecule has 4 nitrogen and oxygen atoms in total. The van der Waals surface area contributed by atoms with Crippen LogP contribution in [0.2, 0.25) is 0 Å². The lowest BCUT2D eigenvalue weighted by Crippen LogP contribution is -2.67. The minimum atomic E-state index is -0.0494. The molecule has 1 spiro atoms. The van der Waals surface area contributed by atoms with Crippen LogP contribution in [0.3, 0.4) is 0 Å². The Labute approximate surface area is 149 Å². The van der Waals surface area contributed by atoms with Gasteiger partial charge in [0.1, 0.15) is 0 Å². The van der Waals surface area contributed by atoms with Crippen LogP contribution in [0.4, 0.5) is 5.69 Å². The normalized spacial score (nSPS) is 41.4. The molecule has 4 heteroatoms. The predicted molar refractivity (Wildman–Crippen MR) is 97.6 cm³/mol. The zero-order valence-corrected chi connectivity index (χ0v) is 15.3. The molecular weight excluding hydrogens is 312 g/mol. The van der Waals surface area contributed by atoms with Gasteiger partial charge in [0.15, 0.2) is 0 Å². The summed E-state index contributed by atoms with van der Waals surface area (Å²) in [5.74, 6) is -0.0772. The number of hydrogen-bond donors (Lipinski definition) is 1. The van der Waals surface area contributed by atoms with E-state index in [1.54, 1.807) is 7.11 Å². The number of rotatable bonds is 2. The molecule has 134 valence electrons. The third-order valence-corrected chi connectivity index (χ3v) is 7.90. The highest BCUT2D eigenvalue weighted by Gasteiger charge is 2.69. The summed E-state index contributed by atoms with van der Waals surface area (Å²) in [5, 5.41) is 3.77. The zero-order chi connectivity index (χ0) is 17.2. The summed E-state index contributed by atoms with van der Waals surface area (Å²) in [6.07, 6.45) is 5.77. The fraction of sp³-hybridized carbons (Fsp3) is 0.667. The lowest BCUT2D eigenvalue weighted by molar-refractivity contribution is -0.153. The maximum absolute atomic E-state index is 12.8. The predicted octanol–water partition coefficient (Wildman–Crippen LogP) is 3.18. The van der Waals surface area contributed by atoms with Crippen molar-refractivity contribution >= 4 is 11.7 Å². The Hall–Kier alpha value is -1.55. The van der Waals surface area contributed by atoms with Gasteiger partial charge >= 0.3 is 5.97 Å². The number of methoxy groups -OCH3 is 1. The van der Waals surface area contributed by atoms with Crippen molar-refractivity contribution in [1.82, 2.24) is 4.90 Å². The number of fused-ring (bicyclic) bond motifs is 1. The summed E-state index contributed by atoms with van der Waals surface area (Å²) < 4.78 is 5.28. The largest absolute Gasteiger partial charge is 0.469 e. The zero-order valence-electron chi connectivity index (χ0n) is 15.3. The average molecular weight is 340 g/mol. The second-order valence-corrected chi connectivity index (χ2v) is 8.55. The summed E-state index contributed by atoms with van der Waals surface area (Å²) in [6, 6.07) is 9.49. The van der Waals surface area contributed by atoms with Crippen LogP contribution in [-0.4, -0.2) is 43.2 Å². The number of piperidine rings is 1. The Bertz CT molecular complexity index is 720. The third kappa shape index (κ3) is 1.79. The number of esters is 1. The first-order chi connectivity index (χ1) is 12.2. The molecule has 3 heterocycles. The van der Waals surface area contributed by atoms with E-state index in [-0.39, 0.29) is 28.8 Å². The van der Waals surface area contributed by atoms with Crippen molar-refractivity contribution in [2.24, 2.45) is 11.3 Å². The van der Waals surface area contributed by atoms with Crippen molar-refractivity contribution in [3.05, 3.63) is 29.8 Å². The summed E-state index contributed by atoms with van der Waals surface area (Å²) >= 11 is 0. The second-order valence-electron chi connectivity index (χ2n) is 8.55. The van der Waals surface area contributed by atoms with Crippen LogP contribution in [0.5, 0.6) is 0 Å². The standard InChI is InChI=1S/C21H28N2O2/c1-3-20-9-6-11-23-12-10-21(19(20)23)15-7-4-5-8-16(15)22-17(21)14(13-20)18(24)25-2/h4-5,7-8,14,17,19,22H,3,6,9-13H2,1-2H3/t14-,17+,19+,20+,21+/m1/s1. The van der Waals surface area contributed by atoms with Crippen LogP contribution in [0.15, 0.2) is 24.3 Å². The van der Waals surface area contributed by atoms with E-state index < -0.39 is 0 Å². The van der Waals surface area contributed by atoms with Crippen molar-refractivity contribution in [2.75, 3.05) is 25.5 Å². The number of ether oxygens (including phenoxy) is 1. The van der Waals surface area contributed by atoms with E-state index in [1.807, 2.05) is 0 Å². The number of carbonyl (C=O) groups excluding carboxylic acids is 1. The molecule has 5 atom stereocenters. The van der Waals surface area contributed by atoms with Crippen molar-refractivity contribution in [3.8, 4) is 0 Å². The number of nitrogens with zero attached hydrogens (tertiary/aromatic N) is 1. The number of benzene rings is 1. The van der Waals surface area contributed by atoms with E-state index in [1.165, 1.54) is 30.6 Å². The molecule has 1 aromatic carbocycles. The highest BCUT2D eigenvalue weighted by molar-refractivity contribution is 5.78. The van der Waals surface area contributed by atoms with E-state index in [2.05, 4.69) is 41.4 Å². The molecule has 1 saturated carbocycles. The maximum atomic E-state index is 12.8. The van der Waals surface area contributed by atoms with Crippen molar-refractivity contribution in [3.63, 3.8) is 0 Å². The van der Waals surface area contributed by atoms with Gasteiger partial charge in [0, 0.05) is 17.1 Å². The molecule has 25 heavy (non-hydrogen) atoms. The van der Waals surface area contributed by atoms with E-state index in [0.717, 1.165) is 25.8 Å². The fourth-order valence-corrected chi connectivity index (χ4v) is 7.07.